The van der Waals surface area contributed by atoms with E-state index in [0.29, 0.717) is 12.8 Å². The third-order valence-electron chi connectivity index (χ3n) is 3.16. The number of nitrogens with one attached hydrogen (secondary N) is 1. The molecule has 1 aliphatic rings. The van der Waals surface area contributed by atoms with E-state index in [-0.39, 0.29) is 17.9 Å². The Morgan fingerprint density at radius 3 is 2.68 bits per heavy atom. The van der Waals surface area contributed by atoms with Gasteiger partial charge in [0.05, 0.1) is 13.2 Å². The number of ether oxygens (including phenoxy) is 1. The highest BCUT2D eigenvalue weighted by Gasteiger charge is 2.50. The Balaban J connectivity index is 2.06. The van der Waals surface area contributed by atoms with E-state index in [1.54, 1.807) is 0 Å². The molecule has 0 radical (unpaired) electrons. The van der Waals surface area contributed by atoms with Crippen LogP contribution in [-0.2, 0) is 11.3 Å². The van der Waals surface area contributed by atoms with Crippen molar-refractivity contribution < 1.29 is 18.3 Å². The smallest absolute Gasteiger partial charge is 0.240 e. The van der Waals surface area contributed by atoms with E-state index in [9.17, 15) is 13.6 Å². The minimum Gasteiger partial charge on any atom is -0.494 e. The lowest BCUT2D eigenvalue weighted by Crippen LogP contribution is -2.31. The second-order valence-corrected chi connectivity index (χ2v) is 4.45. The van der Waals surface area contributed by atoms with Crippen LogP contribution in [0.25, 0.3) is 0 Å². The van der Waals surface area contributed by atoms with Gasteiger partial charge in [-0.25, -0.2) is 8.78 Å². The highest BCUT2D eigenvalue weighted by Crippen LogP contribution is 2.45. The molecule has 6 heteroatoms. The Kier molecular flexibility index (Phi) is 3.38. The number of nitrogens with zero attached hydrogens (tertiary/aromatic N) is 1. The summed E-state index contributed by atoms with van der Waals surface area (Å²) in [6.07, 6.45) is 1.02. The average molecular weight is 266 g/mol. The summed E-state index contributed by atoms with van der Waals surface area (Å²) in [5.74, 6) is -2.00. The first kappa shape index (κ1) is 13.3. The maximum absolute atomic E-state index is 13.6. The van der Waals surface area contributed by atoms with Crippen molar-refractivity contribution in [2.75, 3.05) is 7.11 Å². The maximum Gasteiger partial charge on any atom is 0.240 e. The first-order valence-electron chi connectivity index (χ1n) is 5.74. The highest BCUT2D eigenvalue weighted by atomic mass is 19.1. The van der Waals surface area contributed by atoms with Crippen molar-refractivity contribution >= 4 is 5.91 Å². The molecule has 1 aromatic rings. The molecule has 2 rings (SSSR count). The van der Waals surface area contributed by atoms with Crippen molar-refractivity contribution in [3.05, 3.63) is 29.3 Å². The predicted octanol–water partition coefficient (Wildman–Crippen LogP) is 1.89. The van der Waals surface area contributed by atoms with Crippen LogP contribution in [0.5, 0.6) is 5.75 Å². The molecule has 1 fully saturated rings. The minimum atomic E-state index is -0.971. The number of hydrogen-bond acceptors (Lipinski definition) is 3. The van der Waals surface area contributed by atoms with Crippen molar-refractivity contribution in [1.29, 1.82) is 5.26 Å². The van der Waals surface area contributed by atoms with Crippen LogP contribution in [0.15, 0.2) is 12.1 Å². The van der Waals surface area contributed by atoms with Crippen molar-refractivity contribution in [3.8, 4) is 11.8 Å². The molecule has 19 heavy (non-hydrogen) atoms. The highest BCUT2D eigenvalue weighted by molar-refractivity contribution is 5.88. The van der Waals surface area contributed by atoms with Gasteiger partial charge in [-0.1, -0.05) is 0 Å². The molecule has 0 heterocycles. The van der Waals surface area contributed by atoms with Gasteiger partial charge in [0.1, 0.15) is 11.2 Å². The van der Waals surface area contributed by atoms with E-state index in [1.807, 2.05) is 6.07 Å². The van der Waals surface area contributed by atoms with Crippen molar-refractivity contribution in [1.82, 2.24) is 5.32 Å². The summed E-state index contributed by atoms with van der Waals surface area (Å²) in [7, 11) is 1.24. The Bertz CT molecular complexity index is 562. The first-order valence-corrected chi connectivity index (χ1v) is 5.74. The van der Waals surface area contributed by atoms with Crippen LogP contribution in [0.3, 0.4) is 0 Å². The summed E-state index contributed by atoms with van der Waals surface area (Å²) in [4.78, 5) is 11.7. The van der Waals surface area contributed by atoms with E-state index >= 15 is 0 Å². The zero-order valence-corrected chi connectivity index (χ0v) is 10.3. The third-order valence-corrected chi connectivity index (χ3v) is 3.16. The SMILES string of the molecule is COc1cc(F)c(CNC(=O)C2(C#N)CC2)cc1F. The lowest BCUT2D eigenvalue weighted by atomic mass is 10.1. The number of benzene rings is 1. The van der Waals surface area contributed by atoms with Crippen LogP contribution >= 0.6 is 0 Å². The third kappa shape index (κ3) is 2.50. The Morgan fingerprint density at radius 2 is 2.16 bits per heavy atom. The van der Waals surface area contributed by atoms with Crippen molar-refractivity contribution in [2.24, 2.45) is 5.41 Å². The number of rotatable bonds is 4. The molecule has 0 saturated heterocycles. The molecule has 1 amide bonds. The van der Waals surface area contributed by atoms with Gasteiger partial charge in [0.15, 0.2) is 11.6 Å². The number of methoxy groups -OCH3 is 1. The molecule has 0 atom stereocenters. The molecule has 0 spiro atoms. The van der Waals surface area contributed by atoms with Gasteiger partial charge < -0.3 is 10.1 Å². The number of halogens is 2. The minimum absolute atomic E-state index is 0.0142. The summed E-state index contributed by atoms with van der Waals surface area (Å²) < 4.78 is 31.7. The van der Waals surface area contributed by atoms with Gasteiger partial charge in [0, 0.05) is 18.2 Å². The Labute approximate surface area is 109 Å². The first-order chi connectivity index (χ1) is 9.02. The van der Waals surface area contributed by atoms with Crippen LogP contribution in [0.1, 0.15) is 18.4 Å². The van der Waals surface area contributed by atoms with Gasteiger partial charge in [-0.15, -0.1) is 0 Å². The van der Waals surface area contributed by atoms with Crippen molar-refractivity contribution in [2.45, 2.75) is 19.4 Å². The van der Waals surface area contributed by atoms with E-state index in [1.165, 1.54) is 7.11 Å². The van der Waals surface area contributed by atoms with Gasteiger partial charge in [-0.05, 0) is 18.9 Å². The zero-order chi connectivity index (χ0) is 14.0. The number of carbonyl (C=O) groups excluding carboxylic acids is 1. The second kappa shape index (κ2) is 4.84. The molecule has 0 unspecified atom stereocenters. The molecule has 1 saturated carbocycles. The molecule has 0 aromatic heterocycles. The van der Waals surface area contributed by atoms with Crippen LogP contribution < -0.4 is 10.1 Å². The Hall–Kier alpha value is -2.16. The predicted molar refractivity (Wildman–Crippen MR) is 62.0 cm³/mol. The van der Waals surface area contributed by atoms with Gasteiger partial charge in [-0.2, -0.15) is 5.26 Å². The summed E-state index contributed by atoms with van der Waals surface area (Å²) in [5.41, 5.74) is -0.956. The monoisotopic (exact) mass is 266 g/mol. The number of hydrogen-bond donors (Lipinski definition) is 1. The van der Waals surface area contributed by atoms with Crippen LogP contribution in [0.4, 0.5) is 8.78 Å². The molecule has 4 nitrogen and oxygen atoms in total. The molecule has 1 N–H and O–H groups in total. The van der Waals surface area contributed by atoms with Gasteiger partial charge >= 0.3 is 0 Å². The summed E-state index contributed by atoms with van der Waals surface area (Å²) in [5, 5.41) is 11.3. The van der Waals surface area contributed by atoms with Gasteiger partial charge in [-0.3, -0.25) is 4.79 Å². The average Bonchev–Trinajstić information content (AvgIpc) is 3.20. The molecular formula is C13H12F2N2O2. The van der Waals surface area contributed by atoms with Crippen LogP contribution in [0.2, 0.25) is 0 Å². The zero-order valence-electron chi connectivity index (χ0n) is 10.3. The summed E-state index contributed by atoms with van der Waals surface area (Å²) >= 11 is 0. The Morgan fingerprint density at radius 1 is 1.47 bits per heavy atom. The van der Waals surface area contributed by atoms with Crippen LogP contribution in [0, 0.1) is 28.4 Å². The van der Waals surface area contributed by atoms with Gasteiger partial charge in [0.25, 0.3) is 0 Å². The standard InChI is InChI=1S/C13H12F2N2O2/c1-19-11-5-9(14)8(4-10(11)15)6-17-12(18)13(7-16)2-3-13/h4-5H,2-3,6H2,1H3,(H,17,18). The summed E-state index contributed by atoms with van der Waals surface area (Å²) in [6, 6.07) is 3.83. The molecule has 0 aliphatic heterocycles. The number of carbonyl (C=O) groups is 1. The fraction of sp³-hybridized carbons (Fsp3) is 0.385. The summed E-state index contributed by atoms with van der Waals surface area (Å²) in [6.45, 7) is -0.158. The number of amides is 1. The molecule has 1 aromatic carbocycles. The molecule has 100 valence electrons. The second-order valence-electron chi connectivity index (χ2n) is 4.45. The fourth-order valence-electron chi connectivity index (χ4n) is 1.72. The quantitative estimate of drug-likeness (QED) is 0.905. The largest absolute Gasteiger partial charge is 0.494 e. The molecular weight excluding hydrogens is 254 g/mol. The topological polar surface area (TPSA) is 62.1 Å². The fourth-order valence-corrected chi connectivity index (χ4v) is 1.72. The normalized spacial score (nSPS) is 15.5. The number of nitriles is 1. The van der Waals surface area contributed by atoms with Crippen LogP contribution in [-0.4, -0.2) is 13.0 Å². The lowest BCUT2D eigenvalue weighted by Gasteiger charge is -2.10. The van der Waals surface area contributed by atoms with E-state index in [0.717, 1.165) is 12.1 Å². The molecule has 1 aliphatic carbocycles. The lowest BCUT2D eigenvalue weighted by molar-refractivity contribution is -0.124. The molecule has 0 bridgehead atoms. The van der Waals surface area contributed by atoms with Gasteiger partial charge in [0.2, 0.25) is 5.91 Å². The van der Waals surface area contributed by atoms with E-state index in [4.69, 9.17) is 5.26 Å². The maximum atomic E-state index is 13.6. The van der Waals surface area contributed by atoms with E-state index in [2.05, 4.69) is 10.1 Å². The van der Waals surface area contributed by atoms with Crippen molar-refractivity contribution in [3.63, 3.8) is 0 Å². The van der Waals surface area contributed by atoms with E-state index < -0.39 is 23.0 Å².